The summed E-state index contributed by atoms with van der Waals surface area (Å²) in [5.74, 6) is -0.842. The Balaban J connectivity index is 2.75. The molecule has 0 aliphatic heterocycles. The van der Waals surface area contributed by atoms with Crippen molar-refractivity contribution >= 4 is 16.9 Å². The molecule has 0 amide bonds. The summed E-state index contributed by atoms with van der Waals surface area (Å²) >= 11 is 0. The Labute approximate surface area is 138 Å². The molecular weight excluding hydrogens is 288 g/mol. The Morgan fingerprint density at radius 3 is 2.57 bits per heavy atom. The predicted octanol–water partition coefficient (Wildman–Crippen LogP) is 3.90. The van der Waals surface area contributed by atoms with Crippen molar-refractivity contribution in [2.24, 2.45) is 5.73 Å². The Hall–Kier alpha value is -1.81. The van der Waals surface area contributed by atoms with Crippen molar-refractivity contribution in [3.05, 3.63) is 34.5 Å². The Bertz CT molecular complexity index is 701. The van der Waals surface area contributed by atoms with Gasteiger partial charge in [0.25, 0.3) is 0 Å². The number of carbonyl (C=O) groups is 1. The van der Waals surface area contributed by atoms with E-state index in [4.69, 9.17) is 5.73 Å². The second-order valence-corrected chi connectivity index (χ2v) is 6.16. The number of rotatable bonds is 8. The van der Waals surface area contributed by atoms with Crippen LogP contribution >= 0.6 is 0 Å². The summed E-state index contributed by atoms with van der Waals surface area (Å²) in [6.45, 7) is 7.85. The molecule has 0 aliphatic carbocycles. The first-order chi connectivity index (χ1) is 11.0. The Morgan fingerprint density at radius 2 is 2.00 bits per heavy atom. The molecule has 1 aromatic carbocycles. The van der Waals surface area contributed by atoms with Crippen LogP contribution in [0.3, 0.4) is 0 Å². The van der Waals surface area contributed by atoms with E-state index in [0.29, 0.717) is 12.1 Å². The number of hydrogen-bond acceptors (Lipinski definition) is 2. The maximum atomic E-state index is 11.8. The van der Waals surface area contributed by atoms with Crippen molar-refractivity contribution in [3.63, 3.8) is 0 Å². The first kappa shape index (κ1) is 17.5. The molecule has 0 unspecified atom stereocenters. The summed E-state index contributed by atoms with van der Waals surface area (Å²) in [4.78, 5) is 11.8. The number of aromatic nitrogens is 1. The number of nitrogens with two attached hydrogens (primary N) is 1. The molecule has 0 spiro atoms. The second-order valence-electron chi connectivity index (χ2n) is 6.16. The van der Waals surface area contributed by atoms with Crippen LogP contribution in [0.1, 0.15) is 60.3 Å². The van der Waals surface area contributed by atoms with Crippen LogP contribution in [0.25, 0.3) is 10.9 Å². The third-order valence-corrected chi connectivity index (χ3v) is 4.61. The molecule has 4 heteroatoms. The van der Waals surface area contributed by atoms with E-state index in [9.17, 15) is 9.90 Å². The molecule has 1 aromatic heterocycles. The minimum Gasteiger partial charge on any atom is -0.478 e. The lowest BCUT2D eigenvalue weighted by molar-refractivity contribution is 0.0698. The highest BCUT2D eigenvalue weighted by atomic mass is 16.4. The minimum absolute atomic E-state index is 0.428. The lowest BCUT2D eigenvalue weighted by Crippen LogP contribution is -2.06. The Kier molecular flexibility index (Phi) is 5.83. The van der Waals surface area contributed by atoms with Gasteiger partial charge in [0.15, 0.2) is 0 Å². The van der Waals surface area contributed by atoms with Gasteiger partial charge in [-0.15, -0.1) is 0 Å². The van der Waals surface area contributed by atoms with Gasteiger partial charge >= 0.3 is 5.97 Å². The van der Waals surface area contributed by atoms with Crippen LogP contribution in [0.4, 0.5) is 0 Å². The van der Waals surface area contributed by atoms with Gasteiger partial charge in [0.05, 0.1) is 11.1 Å². The highest BCUT2D eigenvalue weighted by Crippen LogP contribution is 2.31. The maximum Gasteiger partial charge on any atom is 0.337 e. The van der Waals surface area contributed by atoms with Crippen molar-refractivity contribution < 1.29 is 9.90 Å². The largest absolute Gasteiger partial charge is 0.478 e. The number of unbranched alkanes of at least 4 members (excludes halogenated alkanes) is 1. The summed E-state index contributed by atoms with van der Waals surface area (Å²) in [5.41, 5.74) is 10.5. The fraction of sp³-hybridized carbons (Fsp3) is 0.526. The number of hydrogen-bond donors (Lipinski definition) is 2. The number of aryl methyl sites for hydroxylation is 3. The molecule has 0 saturated carbocycles. The standard InChI is InChI=1S/C19H28N2O2/c1-4-6-10-21-13(3)15(8-7-9-20)16-11-14(5-2)12-17(18(16)21)19(22)23/h11-12H,4-10,20H2,1-3H3,(H,22,23). The fourth-order valence-corrected chi connectivity index (χ4v) is 3.30. The second kappa shape index (κ2) is 7.64. The van der Waals surface area contributed by atoms with Crippen LogP contribution in [0.15, 0.2) is 12.1 Å². The number of fused-ring (bicyclic) bond motifs is 1. The van der Waals surface area contributed by atoms with Crippen LogP contribution in [0.5, 0.6) is 0 Å². The number of carboxylic acid groups (broad SMARTS) is 1. The van der Waals surface area contributed by atoms with Gasteiger partial charge in [-0.1, -0.05) is 20.3 Å². The van der Waals surface area contributed by atoms with E-state index < -0.39 is 5.97 Å². The average molecular weight is 316 g/mol. The molecule has 0 fully saturated rings. The van der Waals surface area contributed by atoms with Gasteiger partial charge in [-0.3, -0.25) is 0 Å². The monoisotopic (exact) mass is 316 g/mol. The third kappa shape index (κ3) is 3.42. The van der Waals surface area contributed by atoms with Crippen LogP contribution in [0.2, 0.25) is 0 Å². The third-order valence-electron chi connectivity index (χ3n) is 4.61. The molecule has 0 radical (unpaired) electrons. The topological polar surface area (TPSA) is 68.2 Å². The van der Waals surface area contributed by atoms with E-state index in [2.05, 4.69) is 31.4 Å². The average Bonchev–Trinajstić information content (AvgIpc) is 2.81. The van der Waals surface area contributed by atoms with Crippen LogP contribution in [0, 0.1) is 6.92 Å². The van der Waals surface area contributed by atoms with Crippen LogP contribution < -0.4 is 5.73 Å². The molecule has 1 heterocycles. The molecule has 2 aromatic rings. The molecule has 3 N–H and O–H groups in total. The van der Waals surface area contributed by atoms with Crippen molar-refractivity contribution in [2.45, 2.75) is 59.4 Å². The van der Waals surface area contributed by atoms with Gasteiger partial charge in [0.1, 0.15) is 0 Å². The molecule has 126 valence electrons. The highest BCUT2D eigenvalue weighted by Gasteiger charge is 2.20. The molecule has 4 nitrogen and oxygen atoms in total. The zero-order valence-electron chi connectivity index (χ0n) is 14.5. The summed E-state index contributed by atoms with van der Waals surface area (Å²) in [6.07, 6.45) is 4.81. The first-order valence-corrected chi connectivity index (χ1v) is 8.63. The summed E-state index contributed by atoms with van der Waals surface area (Å²) < 4.78 is 2.20. The molecular formula is C19H28N2O2. The van der Waals surface area contributed by atoms with Crippen LogP contribution in [-0.4, -0.2) is 22.2 Å². The minimum atomic E-state index is -0.842. The van der Waals surface area contributed by atoms with E-state index in [1.165, 1.54) is 11.3 Å². The molecule has 0 atom stereocenters. The fourth-order valence-electron chi connectivity index (χ4n) is 3.30. The molecule has 2 rings (SSSR count). The zero-order valence-corrected chi connectivity index (χ0v) is 14.5. The van der Waals surface area contributed by atoms with E-state index in [1.54, 1.807) is 0 Å². The van der Waals surface area contributed by atoms with Crippen molar-refractivity contribution in [1.82, 2.24) is 4.57 Å². The molecule has 0 aliphatic rings. The zero-order chi connectivity index (χ0) is 17.0. The van der Waals surface area contributed by atoms with Crippen molar-refractivity contribution in [3.8, 4) is 0 Å². The SMILES string of the molecule is CCCCn1c(C)c(CCCN)c2cc(CC)cc(C(=O)O)c21. The predicted molar refractivity (Wildman–Crippen MR) is 95.3 cm³/mol. The van der Waals surface area contributed by atoms with Gasteiger partial charge in [0.2, 0.25) is 0 Å². The molecule has 0 saturated heterocycles. The first-order valence-electron chi connectivity index (χ1n) is 8.63. The van der Waals surface area contributed by atoms with Gasteiger partial charge in [-0.25, -0.2) is 4.79 Å². The van der Waals surface area contributed by atoms with Crippen molar-refractivity contribution in [2.75, 3.05) is 6.54 Å². The van der Waals surface area contributed by atoms with E-state index in [0.717, 1.165) is 55.1 Å². The number of benzene rings is 1. The molecule has 0 bridgehead atoms. The maximum absolute atomic E-state index is 11.8. The number of carboxylic acids is 1. The van der Waals surface area contributed by atoms with E-state index in [-0.39, 0.29) is 0 Å². The quantitative estimate of drug-likeness (QED) is 0.776. The van der Waals surface area contributed by atoms with Gasteiger partial charge in [-0.2, -0.15) is 0 Å². The van der Waals surface area contributed by atoms with E-state index >= 15 is 0 Å². The van der Waals surface area contributed by atoms with Crippen LogP contribution in [-0.2, 0) is 19.4 Å². The summed E-state index contributed by atoms with van der Waals surface area (Å²) in [6, 6.07) is 4.00. The highest BCUT2D eigenvalue weighted by molar-refractivity contribution is 6.04. The van der Waals surface area contributed by atoms with Gasteiger partial charge in [-0.05, 0) is 62.4 Å². The van der Waals surface area contributed by atoms with Gasteiger partial charge in [0, 0.05) is 17.6 Å². The Morgan fingerprint density at radius 1 is 1.26 bits per heavy atom. The smallest absolute Gasteiger partial charge is 0.337 e. The van der Waals surface area contributed by atoms with Gasteiger partial charge < -0.3 is 15.4 Å². The number of nitrogens with zero attached hydrogens (tertiary/aromatic N) is 1. The van der Waals surface area contributed by atoms with Crippen molar-refractivity contribution in [1.29, 1.82) is 0 Å². The lowest BCUT2D eigenvalue weighted by atomic mass is 10.00. The lowest BCUT2D eigenvalue weighted by Gasteiger charge is -2.10. The normalized spacial score (nSPS) is 11.3. The molecule has 23 heavy (non-hydrogen) atoms. The summed E-state index contributed by atoms with van der Waals surface area (Å²) in [5, 5.41) is 10.8. The van der Waals surface area contributed by atoms with E-state index in [1.807, 2.05) is 6.07 Å². The number of aromatic carboxylic acids is 1. The summed E-state index contributed by atoms with van der Waals surface area (Å²) in [7, 11) is 0.